The minimum absolute atomic E-state index is 0.0552. The Morgan fingerprint density at radius 1 is 1.22 bits per heavy atom. The van der Waals surface area contributed by atoms with Gasteiger partial charge in [0.2, 0.25) is 6.79 Å². The number of para-hydroxylation sites is 1. The highest BCUT2D eigenvalue weighted by atomic mass is 16.7. The van der Waals surface area contributed by atoms with Gasteiger partial charge in [0.1, 0.15) is 5.56 Å². The summed E-state index contributed by atoms with van der Waals surface area (Å²) in [6.45, 7) is 0.171. The third-order valence-electron chi connectivity index (χ3n) is 3.12. The maximum absolute atomic E-state index is 12.0. The first-order valence-electron chi connectivity index (χ1n) is 6.61. The van der Waals surface area contributed by atoms with E-state index in [2.05, 4.69) is 10.5 Å². The van der Waals surface area contributed by atoms with Crippen LogP contribution in [0.2, 0.25) is 0 Å². The predicted molar refractivity (Wildman–Crippen MR) is 80.7 cm³/mol. The molecule has 0 atom stereocenters. The van der Waals surface area contributed by atoms with Gasteiger partial charge >= 0.3 is 0 Å². The van der Waals surface area contributed by atoms with Crippen LogP contribution in [0.15, 0.2) is 47.6 Å². The van der Waals surface area contributed by atoms with Gasteiger partial charge in [0.15, 0.2) is 11.5 Å². The molecular weight excluding hydrogens is 302 g/mol. The fraction of sp³-hybridized carbons (Fsp3) is 0.0667. The fourth-order valence-electron chi connectivity index (χ4n) is 2.04. The number of fused-ring (bicyclic) bond motifs is 1. The molecule has 0 fully saturated rings. The minimum atomic E-state index is -0.658. The number of nitrogens with zero attached hydrogens (tertiary/aromatic N) is 2. The molecule has 8 heteroatoms. The maximum Gasteiger partial charge on any atom is 0.282 e. The van der Waals surface area contributed by atoms with Gasteiger partial charge in [-0.2, -0.15) is 5.10 Å². The number of rotatable bonds is 4. The summed E-state index contributed by atoms with van der Waals surface area (Å²) < 4.78 is 10.4. The summed E-state index contributed by atoms with van der Waals surface area (Å²) in [6, 6.07) is 10.8. The van der Waals surface area contributed by atoms with Gasteiger partial charge in [0.25, 0.3) is 11.6 Å². The zero-order valence-electron chi connectivity index (χ0n) is 11.8. The topological polar surface area (TPSA) is 103 Å². The number of benzene rings is 2. The molecule has 23 heavy (non-hydrogen) atoms. The van der Waals surface area contributed by atoms with Gasteiger partial charge in [0, 0.05) is 6.07 Å². The highest BCUT2D eigenvalue weighted by molar-refractivity contribution is 5.98. The average molecular weight is 313 g/mol. The van der Waals surface area contributed by atoms with Crippen molar-refractivity contribution >= 4 is 17.8 Å². The molecule has 0 saturated heterocycles. The van der Waals surface area contributed by atoms with Crippen LogP contribution in [0.1, 0.15) is 15.9 Å². The van der Waals surface area contributed by atoms with Crippen LogP contribution in [0.4, 0.5) is 5.69 Å². The Morgan fingerprint density at radius 3 is 2.83 bits per heavy atom. The van der Waals surface area contributed by atoms with Gasteiger partial charge in [0.05, 0.1) is 11.1 Å². The molecule has 1 amide bonds. The Morgan fingerprint density at radius 2 is 2.00 bits per heavy atom. The Bertz CT molecular complexity index is 803. The number of nitro groups is 1. The van der Waals surface area contributed by atoms with Crippen molar-refractivity contribution in [1.82, 2.24) is 5.43 Å². The first-order valence-corrected chi connectivity index (χ1v) is 6.61. The number of nitro benzene ring substituents is 1. The molecule has 0 radical (unpaired) electrons. The monoisotopic (exact) mass is 313 g/mol. The van der Waals surface area contributed by atoms with Gasteiger partial charge < -0.3 is 9.47 Å². The average Bonchev–Trinajstić information content (AvgIpc) is 3.02. The van der Waals surface area contributed by atoms with Crippen LogP contribution in [0, 0.1) is 10.1 Å². The van der Waals surface area contributed by atoms with Crippen molar-refractivity contribution in [1.29, 1.82) is 0 Å². The Labute approximate surface area is 130 Å². The number of ether oxygens (including phenoxy) is 2. The lowest BCUT2D eigenvalue weighted by molar-refractivity contribution is -0.385. The Hall–Kier alpha value is -3.42. The van der Waals surface area contributed by atoms with Crippen LogP contribution in [0.3, 0.4) is 0 Å². The van der Waals surface area contributed by atoms with Crippen LogP contribution in [-0.2, 0) is 0 Å². The maximum atomic E-state index is 12.0. The van der Waals surface area contributed by atoms with Crippen molar-refractivity contribution in [2.75, 3.05) is 6.79 Å². The SMILES string of the molecule is O=C(NN=Cc1ccc2c(c1)OCO2)c1ccccc1[N+](=O)[O-]. The first-order chi connectivity index (χ1) is 11.1. The predicted octanol–water partition coefficient (Wildman–Crippen LogP) is 2.09. The quantitative estimate of drug-likeness (QED) is 0.529. The van der Waals surface area contributed by atoms with Gasteiger partial charge in [-0.25, -0.2) is 5.43 Å². The summed E-state index contributed by atoms with van der Waals surface area (Å²) in [5, 5.41) is 14.7. The minimum Gasteiger partial charge on any atom is -0.454 e. The number of carbonyl (C=O) groups excluding carboxylic acids is 1. The van der Waals surface area contributed by atoms with E-state index in [0.717, 1.165) is 0 Å². The second-order valence-corrected chi connectivity index (χ2v) is 4.59. The van der Waals surface area contributed by atoms with Gasteiger partial charge in [-0.3, -0.25) is 14.9 Å². The molecule has 2 aromatic rings. The highest BCUT2D eigenvalue weighted by Gasteiger charge is 2.18. The van der Waals surface area contributed by atoms with E-state index in [1.807, 2.05) is 0 Å². The Balaban J connectivity index is 1.71. The third kappa shape index (κ3) is 3.10. The molecule has 0 aliphatic carbocycles. The van der Waals surface area contributed by atoms with E-state index in [1.165, 1.54) is 24.4 Å². The molecule has 0 aromatic heterocycles. The third-order valence-corrected chi connectivity index (χ3v) is 3.12. The van der Waals surface area contributed by atoms with Crippen molar-refractivity contribution in [3.8, 4) is 11.5 Å². The molecular formula is C15H11N3O5. The standard InChI is InChI=1S/C15H11N3O5/c19-15(11-3-1-2-4-12(11)18(20)21)17-16-8-10-5-6-13-14(7-10)23-9-22-13/h1-8H,9H2,(H,17,19). The normalized spacial score (nSPS) is 12.3. The molecule has 1 aliphatic heterocycles. The molecule has 116 valence electrons. The lowest BCUT2D eigenvalue weighted by Crippen LogP contribution is -2.18. The van der Waals surface area contributed by atoms with Gasteiger partial charge in [-0.1, -0.05) is 12.1 Å². The smallest absolute Gasteiger partial charge is 0.282 e. The molecule has 1 aliphatic rings. The summed E-state index contributed by atoms with van der Waals surface area (Å²) in [7, 11) is 0. The number of hydrazone groups is 1. The Kier molecular flexibility index (Phi) is 3.88. The zero-order chi connectivity index (χ0) is 16.2. The molecule has 3 rings (SSSR count). The number of hydrogen-bond acceptors (Lipinski definition) is 6. The molecule has 8 nitrogen and oxygen atoms in total. The molecule has 2 aromatic carbocycles. The van der Waals surface area contributed by atoms with Crippen LogP contribution in [0.5, 0.6) is 11.5 Å². The van der Waals surface area contributed by atoms with Crippen molar-refractivity contribution < 1.29 is 19.2 Å². The first kappa shape index (κ1) is 14.5. The van der Waals surface area contributed by atoms with Crippen molar-refractivity contribution in [3.05, 3.63) is 63.7 Å². The van der Waals surface area contributed by atoms with Crippen LogP contribution >= 0.6 is 0 Å². The summed E-state index contributed by atoms with van der Waals surface area (Å²) in [4.78, 5) is 22.3. The summed E-state index contributed by atoms with van der Waals surface area (Å²) >= 11 is 0. The largest absolute Gasteiger partial charge is 0.454 e. The lowest BCUT2D eigenvalue weighted by atomic mass is 10.2. The summed E-state index contributed by atoms with van der Waals surface area (Å²) in [6.07, 6.45) is 1.41. The zero-order valence-corrected chi connectivity index (χ0v) is 11.8. The number of amides is 1. The molecule has 0 spiro atoms. The second-order valence-electron chi connectivity index (χ2n) is 4.59. The molecule has 1 heterocycles. The van der Waals surface area contributed by atoms with Crippen molar-refractivity contribution in [3.63, 3.8) is 0 Å². The van der Waals surface area contributed by atoms with Crippen LogP contribution in [0.25, 0.3) is 0 Å². The van der Waals surface area contributed by atoms with E-state index in [-0.39, 0.29) is 18.0 Å². The second kappa shape index (κ2) is 6.14. The number of carbonyl (C=O) groups is 1. The lowest BCUT2D eigenvalue weighted by Gasteiger charge is -2.01. The number of hydrogen-bond donors (Lipinski definition) is 1. The summed E-state index contributed by atoms with van der Waals surface area (Å²) in [5.41, 5.74) is 2.63. The summed E-state index contributed by atoms with van der Waals surface area (Å²) in [5.74, 6) is 0.583. The number of nitrogens with one attached hydrogen (secondary N) is 1. The van der Waals surface area contributed by atoms with E-state index in [1.54, 1.807) is 24.3 Å². The van der Waals surface area contributed by atoms with Crippen molar-refractivity contribution in [2.45, 2.75) is 0 Å². The van der Waals surface area contributed by atoms with E-state index in [9.17, 15) is 14.9 Å². The van der Waals surface area contributed by atoms with Crippen molar-refractivity contribution in [2.24, 2.45) is 5.10 Å². The molecule has 0 saturated carbocycles. The fourth-order valence-corrected chi connectivity index (χ4v) is 2.04. The van der Waals surface area contributed by atoms with Crippen LogP contribution in [-0.4, -0.2) is 23.8 Å². The molecule has 0 bridgehead atoms. The molecule has 1 N–H and O–H groups in total. The molecule has 0 unspecified atom stereocenters. The van der Waals surface area contributed by atoms with Crippen LogP contribution < -0.4 is 14.9 Å². The van der Waals surface area contributed by atoms with Gasteiger partial charge in [-0.05, 0) is 29.8 Å². The van der Waals surface area contributed by atoms with E-state index < -0.39 is 10.8 Å². The van der Waals surface area contributed by atoms with E-state index in [0.29, 0.717) is 17.1 Å². The highest BCUT2D eigenvalue weighted by Crippen LogP contribution is 2.31. The van der Waals surface area contributed by atoms with Gasteiger partial charge in [-0.15, -0.1) is 0 Å². The van der Waals surface area contributed by atoms with E-state index in [4.69, 9.17) is 9.47 Å². The van der Waals surface area contributed by atoms with E-state index >= 15 is 0 Å².